The van der Waals surface area contributed by atoms with Gasteiger partial charge in [0.25, 0.3) is 5.91 Å². The summed E-state index contributed by atoms with van der Waals surface area (Å²) in [4.78, 5) is 31.3. The van der Waals surface area contributed by atoms with E-state index in [1.54, 1.807) is 29.2 Å². The second-order valence-corrected chi connectivity index (χ2v) is 9.80. The Labute approximate surface area is 202 Å². The van der Waals surface area contributed by atoms with E-state index >= 15 is 0 Å². The fourth-order valence-corrected chi connectivity index (χ4v) is 4.75. The lowest BCUT2D eigenvalue weighted by Gasteiger charge is -2.21. The van der Waals surface area contributed by atoms with Crippen molar-refractivity contribution in [2.45, 2.75) is 37.1 Å². The van der Waals surface area contributed by atoms with Crippen LogP contribution in [0.2, 0.25) is 0 Å². The zero-order valence-electron chi connectivity index (χ0n) is 18.8. The zero-order chi connectivity index (χ0) is 24.1. The van der Waals surface area contributed by atoms with E-state index in [4.69, 9.17) is 0 Å². The molecule has 34 heavy (non-hydrogen) atoms. The second-order valence-electron chi connectivity index (χ2n) is 8.08. The lowest BCUT2D eigenvalue weighted by atomic mass is 10.1. The fraction of sp³-hybridized carbons (Fsp3) is 0.240. The highest BCUT2D eigenvalue weighted by atomic mass is 32.2. The van der Waals surface area contributed by atoms with Crippen LogP contribution in [-0.2, 0) is 21.2 Å². The summed E-state index contributed by atoms with van der Waals surface area (Å²) in [6.07, 6.45) is 3.24. The van der Waals surface area contributed by atoms with Gasteiger partial charge < -0.3 is 10.2 Å². The Hall–Kier alpha value is -3.56. The first-order valence-corrected chi connectivity index (χ1v) is 12.6. The van der Waals surface area contributed by atoms with E-state index in [0.717, 1.165) is 18.5 Å². The first kappa shape index (κ1) is 23.6. The number of para-hydroxylation sites is 1. The van der Waals surface area contributed by atoms with Crippen LogP contribution in [0.15, 0.2) is 77.8 Å². The van der Waals surface area contributed by atoms with E-state index in [9.17, 15) is 18.0 Å². The molecule has 2 aromatic carbocycles. The van der Waals surface area contributed by atoms with Gasteiger partial charge in [-0.05, 0) is 61.7 Å². The standard InChI is InChI=1S/C25H26N4O4S.2H2/c1-2-29(21-6-4-3-5-7-21)25(31)19-10-15-23(26-17-19)27-24(30)16-18-8-13-22(14-9-18)34(32,33)28-20-11-12-20;;/h3-10,13-15,17,20,28H,2,11-12,16H2,1H3,(H,26,27,30);2*1H. The van der Waals surface area contributed by atoms with Crippen molar-refractivity contribution in [3.63, 3.8) is 0 Å². The van der Waals surface area contributed by atoms with Gasteiger partial charge in [0.2, 0.25) is 15.9 Å². The predicted molar refractivity (Wildman–Crippen MR) is 134 cm³/mol. The predicted octanol–water partition coefficient (Wildman–Crippen LogP) is 3.86. The van der Waals surface area contributed by atoms with Gasteiger partial charge in [-0.2, -0.15) is 0 Å². The molecule has 1 aromatic heterocycles. The third kappa shape index (κ3) is 5.86. The molecule has 9 heteroatoms. The SMILES string of the molecule is CCN(C(=O)c1ccc(NC(=O)Cc2ccc(S(=O)(=O)NC3CC3)cc2)nc1)c1ccccc1.[HH].[HH]. The van der Waals surface area contributed by atoms with Crippen LogP contribution in [0.1, 0.15) is 38.5 Å². The molecule has 1 heterocycles. The van der Waals surface area contributed by atoms with Crippen LogP contribution in [0, 0.1) is 0 Å². The molecule has 0 unspecified atom stereocenters. The van der Waals surface area contributed by atoms with E-state index < -0.39 is 10.0 Å². The lowest BCUT2D eigenvalue weighted by Crippen LogP contribution is -2.30. The van der Waals surface area contributed by atoms with Gasteiger partial charge in [-0.25, -0.2) is 18.1 Å². The summed E-state index contributed by atoms with van der Waals surface area (Å²) >= 11 is 0. The molecular formula is C25H30N4O4S. The van der Waals surface area contributed by atoms with E-state index in [0.29, 0.717) is 23.5 Å². The van der Waals surface area contributed by atoms with Crippen LogP contribution in [0.25, 0.3) is 0 Å². The highest BCUT2D eigenvalue weighted by Crippen LogP contribution is 2.22. The summed E-state index contributed by atoms with van der Waals surface area (Å²) in [7, 11) is -3.52. The van der Waals surface area contributed by atoms with Gasteiger partial charge in [-0.15, -0.1) is 0 Å². The molecule has 4 rings (SSSR count). The van der Waals surface area contributed by atoms with Gasteiger partial charge >= 0.3 is 0 Å². The zero-order valence-corrected chi connectivity index (χ0v) is 19.6. The van der Waals surface area contributed by atoms with E-state index in [2.05, 4.69) is 15.0 Å². The average molecular weight is 483 g/mol. The van der Waals surface area contributed by atoms with Gasteiger partial charge in [0.1, 0.15) is 5.82 Å². The maximum atomic E-state index is 12.9. The molecule has 0 radical (unpaired) electrons. The Morgan fingerprint density at radius 3 is 2.32 bits per heavy atom. The number of benzene rings is 2. The molecular weight excluding hydrogens is 452 g/mol. The Morgan fingerprint density at radius 2 is 1.74 bits per heavy atom. The van der Waals surface area contributed by atoms with Crippen molar-refractivity contribution in [1.82, 2.24) is 9.71 Å². The minimum absolute atomic E-state index is 0. The van der Waals surface area contributed by atoms with Crippen molar-refractivity contribution in [3.05, 3.63) is 84.1 Å². The third-order valence-corrected chi connectivity index (χ3v) is 6.94. The quantitative estimate of drug-likeness (QED) is 0.481. The van der Waals surface area contributed by atoms with Crippen LogP contribution >= 0.6 is 0 Å². The highest BCUT2D eigenvalue weighted by Gasteiger charge is 2.27. The average Bonchev–Trinajstić information content (AvgIpc) is 3.64. The number of anilines is 2. The van der Waals surface area contributed by atoms with Crippen molar-refractivity contribution < 1.29 is 20.9 Å². The summed E-state index contributed by atoms with van der Waals surface area (Å²) in [5.41, 5.74) is 1.89. The molecule has 0 spiro atoms. The molecule has 1 aliphatic rings. The van der Waals surface area contributed by atoms with Crippen molar-refractivity contribution in [3.8, 4) is 0 Å². The Morgan fingerprint density at radius 1 is 1.03 bits per heavy atom. The van der Waals surface area contributed by atoms with Gasteiger partial charge in [0, 0.05) is 27.3 Å². The smallest absolute Gasteiger partial charge is 0.259 e. The number of hydrogen-bond acceptors (Lipinski definition) is 5. The van der Waals surface area contributed by atoms with Gasteiger partial charge in [-0.1, -0.05) is 30.3 Å². The highest BCUT2D eigenvalue weighted by molar-refractivity contribution is 7.89. The number of carbonyl (C=O) groups is 2. The van der Waals surface area contributed by atoms with Crippen LogP contribution in [0.5, 0.6) is 0 Å². The molecule has 0 bridgehead atoms. The monoisotopic (exact) mass is 482 g/mol. The van der Waals surface area contributed by atoms with Crippen LogP contribution < -0.4 is 14.9 Å². The molecule has 1 saturated carbocycles. The molecule has 2 amide bonds. The Kier molecular flexibility index (Phi) is 7.04. The van der Waals surface area contributed by atoms with E-state index in [-0.39, 0.29) is 32.0 Å². The Bertz CT molecular complexity index is 1270. The molecule has 3 aromatic rings. The maximum Gasteiger partial charge on any atom is 0.259 e. The lowest BCUT2D eigenvalue weighted by molar-refractivity contribution is -0.115. The molecule has 2 N–H and O–H groups in total. The first-order chi connectivity index (χ1) is 16.4. The number of amides is 2. The molecule has 0 atom stereocenters. The van der Waals surface area contributed by atoms with Gasteiger partial charge in [-0.3, -0.25) is 9.59 Å². The summed E-state index contributed by atoms with van der Waals surface area (Å²) in [6.45, 7) is 2.41. The van der Waals surface area contributed by atoms with E-state index in [1.807, 2.05) is 37.3 Å². The molecule has 0 aliphatic heterocycles. The summed E-state index contributed by atoms with van der Waals surface area (Å²) < 4.78 is 27.1. The number of rotatable bonds is 9. The number of carbonyl (C=O) groups excluding carboxylic acids is 2. The number of nitrogens with zero attached hydrogens (tertiary/aromatic N) is 2. The molecule has 1 fully saturated rings. The second kappa shape index (κ2) is 10.1. The fourth-order valence-electron chi connectivity index (χ4n) is 3.45. The Balaban J connectivity index is 0.00000228. The summed E-state index contributed by atoms with van der Waals surface area (Å²) in [6, 6.07) is 18.9. The topological polar surface area (TPSA) is 108 Å². The maximum absolute atomic E-state index is 12.9. The van der Waals surface area contributed by atoms with Crippen LogP contribution in [-0.4, -0.2) is 37.8 Å². The number of aromatic nitrogens is 1. The van der Waals surface area contributed by atoms with Gasteiger partial charge in [0.15, 0.2) is 0 Å². The number of pyridine rings is 1. The van der Waals surface area contributed by atoms with Crippen LogP contribution in [0.3, 0.4) is 0 Å². The van der Waals surface area contributed by atoms with Crippen molar-refractivity contribution >= 4 is 33.3 Å². The summed E-state index contributed by atoms with van der Waals surface area (Å²) in [5.74, 6) is -0.139. The van der Waals surface area contributed by atoms with Gasteiger partial charge in [0.05, 0.1) is 16.9 Å². The van der Waals surface area contributed by atoms with E-state index in [1.165, 1.54) is 18.3 Å². The minimum atomic E-state index is -3.52. The largest absolute Gasteiger partial charge is 0.310 e. The van der Waals surface area contributed by atoms with Crippen molar-refractivity contribution in [2.24, 2.45) is 0 Å². The van der Waals surface area contributed by atoms with Crippen molar-refractivity contribution in [2.75, 3.05) is 16.8 Å². The molecule has 1 aliphatic carbocycles. The molecule has 0 saturated heterocycles. The number of hydrogen-bond donors (Lipinski definition) is 2. The third-order valence-electron chi connectivity index (χ3n) is 5.40. The van der Waals surface area contributed by atoms with Crippen LogP contribution in [0.4, 0.5) is 11.5 Å². The van der Waals surface area contributed by atoms with Crippen molar-refractivity contribution in [1.29, 1.82) is 0 Å². The minimum Gasteiger partial charge on any atom is -0.310 e. The normalized spacial score (nSPS) is 13.3. The molecule has 180 valence electrons. The number of sulfonamides is 1. The number of nitrogens with one attached hydrogen (secondary N) is 2. The summed E-state index contributed by atoms with van der Waals surface area (Å²) in [5, 5.41) is 2.71. The molecule has 8 nitrogen and oxygen atoms in total. The first-order valence-electron chi connectivity index (χ1n) is 11.1.